The van der Waals surface area contributed by atoms with Gasteiger partial charge in [0.05, 0.1) is 22.9 Å². The Hall–Kier alpha value is -1.46. The highest BCUT2D eigenvalue weighted by molar-refractivity contribution is 6.34. The number of halogens is 1. The van der Waals surface area contributed by atoms with Crippen LogP contribution in [0.5, 0.6) is 0 Å². The minimum Gasteiger partial charge on any atom is -0.478 e. The number of nitrogens with two attached hydrogens (primary N) is 1. The molecule has 0 unspecified atom stereocenters. The van der Waals surface area contributed by atoms with E-state index in [1.165, 1.54) is 12.1 Å². The van der Waals surface area contributed by atoms with E-state index in [1.807, 2.05) is 0 Å². The maximum Gasteiger partial charge on any atom is 0.337 e. The van der Waals surface area contributed by atoms with Gasteiger partial charge in [0.2, 0.25) is 0 Å². The van der Waals surface area contributed by atoms with Gasteiger partial charge in [0.25, 0.3) is 0 Å². The number of anilines is 2. The van der Waals surface area contributed by atoms with Gasteiger partial charge in [0.15, 0.2) is 0 Å². The van der Waals surface area contributed by atoms with Crippen LogP contribution in [0.2, 0.25) is 5.02 Å². The van der Waals surface area contributed by atoms with Crippen LogP contribution in [0.15, 0.2) is 12.1 Å². The molecule has 0 saturated heterocycles. The first kappa shape index (κ1) is 16.6. The van der Waals surface area contributed by atoms with Gasteiger partial charge in [-0.05, 0) is 24.5 Å². The van der Waals surface area contributed by atoms with Crippen molar-refractivity contribution in [1.29, 1.82) is 0 Å². The van der Waals surface area contributed by atoms with Crippen LogP contribution in [0.4, 0.5) is 11.4 Å². The number of aromatic carboxylic acids is 1. The van der Waals surface area contributed by atoms with Gasteiger partial charge in [0.1, 0.15) is 0 Å². The summed E-state index contributed by atoms with van der Waals surface area (Å²) in [7, 11) is 0. The largest absolute Gasteiger partial charge is 0.478 e. The zero-order chi connectivity index (χ0) is 15.1. The van der Waals surface area contributed by atoms with Crippen LogP contribution in [0.3, 0.4) is 0 Å². The lowest BCUT2D eigenvalue weighted by molar-refractivity contribution is 0.0697. The van der Waals surface area contributed by atoms with Crippen LogP contribution in [-0.2, 0) is 4.74 Å². The molecular formula is C14H21ClN2O3. The molecule has 20 heavy (non-hydrogen) atoms. The summed E-state index contributed by atoms with van der Waals surface area (Å²) in [5, 5.41) is 12.4. The van der Waals surface area contributed by atoms with Gasteiger partial charge in [-0.3, -0.25) is 0 Å². The molecule has 5 nitrogen and oxygen atoms in total. The molecule has 0 aromatic heterocycles. The Morgan fingerprint density at radius 2 is 2.15 bits per heavy atom. The fraction of sp³-hybridized carbons (Fsp3) is 0.500. The van der Waals surface area contributed by atoms with Crippen LogP contribution in [-0.4, -0.2) is 30.8 Å². The molecule has 0 aliphatic heterocycles. The lowest BCUT2D eigenvalue weighted by Gasteiger charge is -2.13. The standard InChI is InChI=1S/C14H21ClN2O3/c1-9(2)3-5-20-6-4-17-13-11(14(18)19)7-10(16)8-12(13)15/h7-9,17H,3-6,16H2,1-2H3,(H,18,19). The highest BCUT2D eigenvalue weighted by Crippen LogP contribution is 2.29. The summed E-state index contributed by atoms with van der Waals surface area (Å²) in [6, 6.07) is 2.91. The molecule has 112 valence electrons. The molecule has 0 aliphatic rings. The number of hydrogen-bond acceptors (Lipinski definition) is 4. The Morgan fingerprint density at radius 1 is 1.45 bits per heavy atom. The van der Waals surface area contributed by atoms with Crippen molar-refractivity contribution in [3.05, 3.63) is 22.7 Å². The average molecular weight is 301 g/mol. The molecule has 1 rings (SSSR count). The van der Waals surface area contributed by atoms with Gasteiger partial charge in [-0.2, -0.15) is 0 Å². The van der Waals surface area contributed by atoms with Gasteiger partial charge in [-0.1, -0.05) is 25.4 Å². The Kier molecular flexibility index (Phi) is 6.61. The van der Waals surface area contributed by atoms with Gasteiger partial charge >= 0.3 is 5.97 Å². The van der Waals surface area contributed by atoms with E-state index in [-0.39, 0.29) is 5.56 Å². The van der Waals surface area contributed by atoms with E-state index >= 15 is 0 Å². The molecule has 0 radical (unpaired) electrons. The predicted octanol–water partition coefficient (Wildman–Crippen LogP) is 3.10. The van der Waals surface area contributed by atoms with E-state index < -0.39 is 5.97 Å². The van der Waals surface area contributed by atoms with E-state index in [0.717, 1.165) is 6.42 Å². The van der Waals surface area contributed by atoms with E-state index in [2.05, 4.69) is 19.2 Å². The van der Waals surface area contributed by atoms with Crippen LogP contribution in [0.1, 0.15) is 30.6 Å². The van der Waals surface area contributed by atoms with Crippen molar-refractivity contribution >= 4 is 28.9 Å². The molecule has 0 atom stereocenters. The van der Waals surface area contributed by atoms with Gasteiger partial charge < -0.3 is 20.9 Å². The molecule has 0 bridgehead atoms. The normalized spacial score (nSPS) is 10.8. The summed E-state index contributed by atoms with van der Waals surface area (Å²) in [6.45, 7) is 5.94. The number of ether oxygens (including phenoxy) is 1. The number of rotatable bonds is 8. The molecular weight excluding hydrogens is 280 g/mol. The van der Waals surface area contributed by atoms with Gasteiger partial charge in [-0.15, -0.1) is 0 Å². The van der Waals surface area contributed by atoms with Crippen molar-refractivity contribution in [2.75, 3.05) is 30.8 Å². The minimum absolute atomic E-state index is 0.0668. The second-order valence-corrected chi connectivity index (χ2v) is 5.36. The summed E-state index contributed by atoms with van der Waals surface area (Å²) < 4.78 is 5.45. The smallest absolute Gasteiger partial charge is 0.337 e. The van der Waals surface area contributed by atoms with Crippen molar-refractivity contribution in [2.24, 2.45) is 5.92 Å². The highest BCUT2D eigenvalue weighted by Gasteiger charge is 2.14. The number of carboxylic acid groups (broad SMARTS) is 1. The van der Waals surface area contributed by atoms with Crippen LogP contribution in [0.25, 0.3) is 0 Å². The molecule has 4 N–H and O–H groups in total. The first-order chi connectivity index (χ1) is 9.41. The Balaban J connectivity index is 2.53. The minimum atomic E-state index is -1.07. The Labute approximate surface area is 124 Å². The van der Waals surface area contributed by atoms with Crippen LogP contribution in [0, 0.1) is 5.92 Å². The summed E-state index contributed by atoms with van der Waals surface area (Å²) in [5.74, 6) is -0.462. The summed E-state index contributed by atoms with van der Waals surface area (Å²) in [4.78, 5) is 11.2. The average Bonchev–Trinajstić information content (AvgIpc) is 2.34. The van der Waals surface area contributed by atoms with Gasteiger partial charge in [0, 0.05) is 18.8 Å². The second-order valence-electron chi connectivity index (χ2n) is 4.95. The third-order valence-electron chi connectivity index (χ3n) is 2.73. The third kappa shape index (κ3) is 5.27. The predicted molar refractivity (Wildman–Crippen MR) is 81.6 cm³/mol. The first-order valence-electron chi connectivity index (χ1n) is 6.55. The maximum absolute atomic E-state index is 11.2. The number of benzene rings is 1. The molecule has 0 aliphatic carbocycles. The van der Waals surface area contributed by atoms with Crippen molar-refractivity contribution in [3.63, 3.8) is 0 Å². The summed E-state index contributed by atoms with van der Waals surface area (Å²) in [5.41, 5.74) is 6.36. The molecule has 0 spiro atoms. The fourth-order valence-corrected chi connectivity index (χ4v) is 1.94. The van der Waals surface area contributed by atoms with Crippen LogP contribution < -0.4 is 11.1 Å². The number of hydrogen-bond donors (Lipinski definition) is 3. The SMILES string of the molecule is CC(C)CCOCCNc1c(Cl)cc(N)cc1C(=O)O. The first-order valence-corrected chi connectivity index (χ1v) is 6.93. The monoisotopic (exact) mass is 300 g/mol. The third-order valence-corrected chi connectivity index (χ3v) is 3.03. The molecule has 0 heterocycles. The summed E-state index contributed by atoms with van der Waals surface area (Å²) >= 11 is 6.01. The maximum atomic E-state index is 11.2. The zero-order valence-corrected chi connectivity index (χ0v) is 12.5. The lowest BCUT2D eigenvalue weighted by atomic mass is 10.1. The second kappa shape index (κ2) is 7.97. The van der Waals surface area contributed by atoms with E-state index in [0.29, 0.717) is 42.1 Å². The number of nitrogen functional groups attached to an aromatic ring is 1. The molecule has 1 aromatic carbocycles. The van der Waals surface area contributed by atoms with Crippen molar-refractivity contribution in [2.45, 2.75) is 20.3 Å². The van der Waals surface area contributed by atoms with E-state index in [4.69, 9.17) is 27.2 Å². The van der Waals surface area contributed by atoms with Crippen LogP contribution >= 0.6 is 11.6 Å². The van der Waals surface area contributed by atoms with Gasteiger partial charge in [-0.25, -0.2) is 4.79 Å². The Morgan fingerprint density at radius 3 is 2.75 bits per heavy atom. The molecule has 0 fully saturated rings. The molecule has 0 saturated carbocycles. The van der Waals surface area contributed by atoms with E-state index in [1.54, 1.807) is 0 Å². The van der Waals surface area contributed by atoms with Crippen molar-refractivity contribution in [1.82, 2.24) is 0 Å². The Bertz CT molecular complexity index is 464. The van der Waals surface area contributed by atoms with E-state index in [9.17, 15) is 4.79 Å². The highest BCUT2D eigenvalue weighted by atomic mass is 35.5. The number of carbonyl (C=O) groups is 1. The van der Waals surface area contributed by atoms with Crippen molar-refractivity contribution in [3.8, 4) is 0 Å². The molecule has 1 aromatic rings. The lowest BCUT2D eigenvalue weighted by Crippen LogP contribution is -2.14. The number of carboxylic acids is 1. The fourth-order valence-electron chi connectivity index (χ4n) is 1.65. The topological polar surface area (TPSA) is 84.6 Å². The quantitative estimate of drug-likeness (QED) is 0.507. The number of nitrogens with one attached hydrogen (secondary N) is 1. The molecule has 6 heteroatoms. The zero-order valence-electron chi connectivity index (χ0n) is 11.8. The summed E-state index contributed by atoms with van der Waals surface area (Å²) in [6.07, 6.45) is 1.00. The van der Waals surface area contributed by atoms with Crippen molar-refractivity contribution < 1.29 is 14.6 Å². The molecule has 0 amide bonds.